The zero-order valence-corrected chi connectivity index (χ0v) is 9.30. The maximum absolute atomic E-state index is 5.11. The molecule has 1 fully saturated rings. The molecular formula is C9H15N3OS. The van der Waals surface area contributed by atoms with Gasteiger partial charge in [0, 0.05) is 17.7 Å². The second-order valence-electron chi connectivity index (χ2n) is 3.82. The summed E-state index contributed by atoms with van der Waals surface area (Å²) in [7, 11) is 0. The summed E-state index contributed by atoms with van der Waals surface area (Å²) >= 11 is 1.96. The highest BCUT2D eigenvalue weighted by Gasteiger charge is 2.18. The third kappa shape index (κ3) is 2.20. The Hall–Kier alpha value is -0.710. The molecule has 2 heterocycles. The van der Waals surface area contributed by atoms with Crippen molar-refractivity contribution in [2.75, 3.05) is 16.8 Å². The van der Waals surface area contributed by atoms with Gasteiger partial charge in [-0.3, -0.25) is 0 Å². The summed E-state index contributed by atoms with van der Waals surface area (Å²) in [5.74, 6) is 3.47. The molecule has 1 aliphatic rings. The summed E-state index contributed by atoms with van der Waals surface area (Å²) in [6, 6.07) is 1.07. The van der Waals surface area contributed by atoms with E-state index in [0.29, 0.717) is 18.0 Å². The molecule has 0 radical (unpaired) electrons. The lowest BCUT2D eigenvalue weighted by Crippen LogP contribution is -2.18. The molecule has 1 aromatic heterocycles. The van der Waals surface area contributed by atoms with Gasteiger partial charge in [0.15, 0.2) is 5.82 Å². The number of hydrogen-bond donors (Lipinski definition) is 1. The van der Waals surface area contributed by atoms with Crippen LogP contribution in [0.1, 0.15) is 32.0 Å². The van der Waals surface area contributed by atoms with Crippen LogP contribution in [0.15, 0.2) is 4.52 Å². The second-order valence-corrected chi connectivity index (χ2v) is 4.97. The van der Waals surface area contributed by atoms with E-state index in [9.17, 15) is 0 Å². The second kappa shape index (κ2) is 4.21. The van der Waals surface area contributed by atoms with Gasteiger partial charge < -0.3 is 9.84 Å². The normalized spacial score (nSPS) is 21.8. The Morgan fingerprint density at radius 3 is 3.00 bits per heavy atom. The van der Waals surface area contributed by atoms with Crippen molar-refractivity contribution in [1.29, 1.82) is 0 Å². The predicted octanol–water partition coefficient (Wildman–Crippen LogP) is 2.11. The average molecular weight is 213 g/mol. The Morgan fingerprint density at radius 1 is 1.57 bits per heavy atom. The highest BCUT2D eigenvalue weighted by Crippen LogP contribution is 2.21. The molecule has 5 heteroatoms. The van der Waals surface area contributed by atoms with Gasteiger partial charge in [0.25, 0.3) is 0 Å². The molecule has 0 bridgehead atoms. The van der Waals surface area contributed by atoms with Gasteiger partial charge in [-0.1, -0.05) is 19.0 Å². The van der Waals surface area contributed by atoms with Gasteiger partial charge in [0.2, 0.25) is 0 Å². The first-order chi connectivity index (χ1) is 6.75. The molecule has 1 saturated heterocycles. The molecular weight excluding hydrogens is 198 g/mol. The van der Waals surface area contributed by atoms with E-state index in [1.807, 2.05) is 11.8 Å². The van der Waals surface area contributed by atoms with Crippen LogP contribution in [0.3, 0.4) is 0 Å². The van der Waals surface area contributed by atoms with Crippen molar-refractivity contribution in [1.82, 2.24) is 10.1 Å². The molecule has 2 rings (SSSR count). The van der Waals surface area contributed by atoms with Gasteiger partial charge in [-0.25, -0.2) is 0 Å². The molecule has 0 amide bonds. The van der Waals surface area contributed by atoms with E-state index in [2.05, 4.69) is 29.3 Å². The van der Waals surface area contributed by atoms with Crippen molar-refractivity contribution >= 4 is 17.8 Å². The quantitative estimate of drug-likeness (QED) is 0.833. The third-order valence-electron chi connectivity index (χ3n) is 2.22. The lowest BCUT2D eigenvalue weighted by atomic mass is 10.2. The lowest BCUT2D eigenvalue weighted by molar-refractivity contribution is 0.416. The maximum Gasteiger partial charge on any atom is 0.321 e. The summed E-state index contributed by atoms with van der Waals surface area (Å²) in [5.41, 5.74) is 0. The van der Waals surface area contributed by atoms with Gasteiger partial charge >= 0.3 is 6.01 Å². The van der Waals surface area contributed by atoms with Gasteiger partial charge in [-0.05, 0) is 12.2 Å². The molecule has 1 atom stereocenters. The summed E-state index contributed by atoms with van der Waals surface area (Å²) in [4.78, 5) is 4.28. The van der Waals surface area contributed by atoms with Crippen LogP contribution in [0.5, 0.6) is 0 Å². The minimum atomic E-state index is 0.326. The number of thioether (sulfide) groups is 1. The molecule has 1 unspecified atom stereocenters. The Labute approximate surface area is 87.8 Å². The number of nitrogens with one attached hydrogen (secondary N) is 1. The molecule has 1 aliphatic heterocycles. The average Bonchev–Trinajstić information content (AvgIpc) is 2.75. The van der Waals surface area contributed by atoms with Crippen LogP contribution in [0.25, 0.3) is 0 Å². The van der Waals surface area contributed by atoms with Crippen LogP contribution in [0.4, 0.5) is 6.01 Å². The Bertz CT molecular complexity index is 294. The first kappa shape index (κ1) is 9.83. The number of anilines is 1. The lowest BCUT2D eigenvalue weighted by Gasteiger charge is -2.06. The number of aromatic nitrogens is 2. The van der Waals surface area contributed by atoms with Crippen molar-refractivity contribution in [3.8, 4) is 0 Å². The maximum atomic E-state index is 5.11. The highest BCUT2D eigenvalue weighted by molar-refractivity contribution is 7.99. The number of nitrogens with zero attached hydrogens (tertiary/aromatic N) is 2. The molecule has 1 aromatic rings. The third-order valence-corrected chi connectivity index (χ3v) is 3.38. The zero-order chi connectivity index (χ0) is 9.97. The van der Waals surface area contributed by atoms with E-state index in [1.165, 1.54) is 12.2 Å². The topological polar surface area (TPSA) is 51.0 Å². The van der Waals surface area contributed by atoms with Crippen LogP contribution in [0.2, 0.25) is 0 Å². The van der Waals surface area contributed by atoms with Crippen molar-refractivity contribution in [2.24, 2.45) is 0 Å². The summed E-state index contributed by atoms with van der Waals surface area (Å²) in [6.07, 6.45) is 1.18. The molecule has 78 valence electrons. The first-order valence-corrected chi connectivity index (χ1v) is 6.09. The molecule has 0 saturated carbocycles. The van der Waals surface area contributed by atoms with Crippen LogP contribution < -0.4 is 5.32 Å². The van der Waals surface area contributed by atoms with Crippen LogP contribution >= 0.6 is 11.8 Å². The van der Waals surface area contributed by atoms with E-state index in [-0.39, 0.29) is 0 Å². The van der Waals surface area contributed by atoms with Gasteiger partial charge in [0.1, 0.15) is 0 Å². The van der Waals surface area contributed by atoms with Crippen molar-refractivity contribution < 1.29 is 4.52 Å². The fourth-order valence-electron chi connectivity index (χ4n) is 1.35. The predicted molar refractivity (Wildman–Crippen MR) is 57.7 cm³/mol. The van der Waals surface area contributed by atoms with Crippen molar-refractivity contribution in [3.63, 3.8) is 0 Å². The SMILES string of the molecule is CC(C)c1noc(NC2CCSC2)n1. The van der Waals surface area contributed by atoms with E-state index < -0.39 is 0 Å². The molecule has 1 N–H and O–H groups in total. The van der Waals surface area contributed by atoms with Crippen molar-refractivity contribution in [2.45, 2.75) is 32.2 Å². The number of rotatable bonds is 3. The monoisotopic (exact) mass is 213 g/mol. The van der Waals surface area contributed by atoms with E-state index in [0.717, 1.165) is 11.6 Å². The first-order valence-electron chi connectivity index (χ1n) is 4.93. The minimum absolute atomic E-state index is 0.326. The highest BCUT2D eigenvalue weighted by atomic mass is 32.2. The summed E-state index contributed by atoms with van der Waals surface area (Å²) < 4.78 is 5.11. The zero-order valence-electron chi connectivity index (χ0n) is 8.49. The molecule has 0 spiro atoms. The number of hydrogen-bond acceptors (Lipinski definition) is 5. The van der Waals surface area contributed by atoms with Gasteiger partial charge in [-0.15, -0.1) is 0 Å². The van der Waals surface area contributed by atoms with Gasteiger partial charge in [-0.2, -0.15) is 16.7 Å². The standard InChI is InChI=1S/C9H15N3OS/c1-6(2)8-11-9(13-12-8)10-7-3-4-14-5-7/h6-7H,3-5H2,1-2H3,(H,10,11,12). The van der Waals surface area contributed by atoms with Crippen molar-refractivity contribution in [3.05, 3.63) is 5.82 Å². The van der Waals surface area contributed by atoms with E-state index in [1.54, 1.807) is 0 Å². The molecule has 0 aromatic carbocycles. The molecule has 4 nitrogen and oxygen atoms in total. The smallest absolute Gasteiger partial charge is 0.321 e. The largest absolute Gasteiger partial charge is 0.334 e. The molecule has 0 aliphatic carbocycles. The fraction of sp³-hybridized carbons (Fsp3) is 0.778. The molecule has 14 heavy (non-hydrogen) atoms. The minimum Gasteiger partial charge on any atom is -0.334 e. The van der Waals surface area contributed by atoms with Crippen LogP contribution in [0, 0.1) is 0 Å². The summed E-state index contributed by atoms with van der Waals surface area (Å²) in [6.45, 7) is 4.11. The Balaban J connectivity index is 1.95. The van der Waals surface area contributed by atoms with Gasteiger partial charge in [0.05, 0.1) is 0 Å². The Kier molecular flexibility index (Phi) is 2.96. The van der Waals surface area contributed by atoms with E-state index >= 15 is 0 Å². The van der Waals surface area contributed by atoms with E-state index in [4.69, 9.17) is 4.52 Å². The van der Waals surface area contributed by atoms with Crippen LogP contribution in [-0.4, -0.2) is 27.7 Å². The summed E-state index contributed by atoms with van der Waals surface area (Å²) in [5, 5.41) is 7.16. The fourth-order valence-corrected chi connectivity index (χ4v) is 2.50. The van der Waals surface area contributed by atoms with Crippen LogP contribution in [-0.2, 0) is 0 Å². The Morgan fingerprint density at radius 2 is 2.43 bits per heavy atom.